The number of carboxylic acids is 1. The van der Waals surface area contributed by atoms with E-state index in [0.717, 1.165) is 12.0 Å². The molecule has 5 heteroatoms. The zero-order valence-electron chi connectivity index (χ0n) is 12.0. The largest absolute Gasteiger partial charge is 0.481 e. The molecular formula is C16H20ClNO3. The number of hydrogen-bond donors (Lipinski definition) is 2. The number of carbonyl (C=O) groups excluding carboxylic acids is 1. The number of aliphatic carboxylic acids is 1. The number of benzene rings is 1. The molecule has 0 saturated heterocycles. The lowest BCUT2D eigenvalue weighted by atomic mass is 9.95. The van der Waals surface area contributed by atoms with Crippen molar-refractivity contribution in [1.82, 2.24) is 5.32 Å². The average Bonchev–Trinajstić information content (AvgIpc) is 2.91. The van der Waals surface area contributed by atoms with Crippen LogP contribution >= 0.6 is 11.6 Å². The molecule has 3 atom stereocenters. The third kappa shape index (κ3) is 3.97. The fourth-order valence-electron chi connectivity index (χ4n) is 2.96. The molecule has 2 N–H and O–H groups in total. The van der Waals surface area contributed by atoms with Gasteiger partial charge >= 0.3 is 5.97 Å². The van der Waals surface area contributed by atoms with E-state index >= 15 is 0 Å². The summed E-state index contributed by atoms with van der Waals surface area (Å²) in [5.74, 6) is -1.66. The SMILES string of the molecule is CCC1CC(C(=O)O)C(C(=O)NCc2ccc(Cl)cc2)C1. The lowest BCUT2D eigenvalue weighted by Crippen LogP contribution is -2.34. The molecule has 0 radical (unpaired) electrons. The van der Waals surface area contributed by atoms with Crippen LogP contribution in [0.2, 0.25) is 5.02 Å². The van der Waals surface area contributed by atoms with E-state index in [9.17, 15) is 14.7 Å². The van der Waals surface area contributed by atoms with Crippen LogP contribution in [-0.4, -0.2) is 17.0 Å². The molecule has 0 aromatic heterocycles. The van der Waals surface area contributed by atoms with Gasteiger partial charge in [-0.15, -0.1) is 0 Å². The molecule has 114 valence electrons. The molecule has 0 bridgehead atoms. The summed E-state index contributed by atoms with van der Waals surface area (Å²) in [6.07, 6.45) is 2.19. The fraction of sp³-hybridized carbons (Fsp3) is 0.500. The van der Waals surface area contributed by atoms with E-state index in [1.54, 1.807) is 12.1 Å². The van der Waals surface area contributed by atoms with Gasteiger partial charge in [0.1, 0.15) is 0 Å². The molecule has 0 aliphatic heterocycles. The van der Waals surface area contributed by atoms with Gasteiger partial charge in [-0.05, 0) is 36.5 Å². The van der Waals surface area contributed by atoms with Crippen molar-refractivity contribution in [3.63, 3.8) is 0 Å². The van der Waals surface area contributed by atoms with Crippen LogP contribution in [0.25, 0.3) is 0 Å². The van der Waals surface area contributed by atoms with Gasteiger partial charge in [-0.1, -0.05) is 37.1 Å². The summed E-state index contributed by atoms with van der Waals surface area (Å²) in [7, 11) is 0. The van der Waals surface area contributed by atoms with Crippen molar-refractivity contribution in [2.45, 2.75) is 32.7 Å². The minimum atomic E-state index is -0.863. The Kier molecular flexibility index (Phi) is 5.23. The Labute approximate surface area is 129 Å². The normalized spacial score (nSPS) is 24.8. The Morgan fingerprint density at radius 2 is 1.86 bits per heavy atom. The smallest absolute Gasteiger partial charge is 0.307 e. The van der Waals surface area contributed by atoms with Gasteiger partial charge < -0.3 is 10.4 Å². The zero-order chi connectivity index (χ0) is 15.4. The Balaban J connectivity index is 1.95. The van der Waals surface area contributed by atoms with Crippen molar-refractivity contribution in [3.05, 3.63) is 34.9 Å². The lowest BCUT2D eigenvalue weighted by molar-refractivity contribution is -0.146. The molecule has 1 aliphatic carbocycles. The van der Waals surface area contributed by atoms with E-state index in [1.807, 2.05) is 19.1 Å². The Bertz CT molecular complexity index is 515. The predicted molar refractivity (Wildman–Crippen MR) is 80.9 cm³/mol. The first-order valence-electron chi connectivity index (χ1n) is 7.26. The summed E-state index contributed by atoms with van der Waals surface area (Å²) < 4.78 is 0. The highest BCUT2D eigenvalue weighted by Crippen LogP contribution is 2.38. The molecule has 1 saturated carbocycles. The third-order valence-electron chi connectivity index (χ3n) is 4.27. The maximum absolute atomic E-state index is 12.3. The standard InChI is InChI=1S/C16H20ClNO3/c1-2-10-7-13(14(8-10)16(20)21)15(19)18-9-11-3-5-12(17)6-4-11/h3-6,10,13-14H,2,7-9H2,1H3,(H,18,19)(H,20,21). The predicted octanol–water partition coefficient (Wildman–Crippen LogP) is 3.09. The Hall–Kier alpha value is -1.55. The van der Waals surface area contributed by atoms with Crippen molar-refractivity contribution in [2.75, 3.05) is 0 Å². The molecule has 4 nitrogen and oxygen atoms in total. The minimum absolute atomic E-state index is 0.159. The topological polar surface area (TPSA) is 66.4 Å². The molecule has 1 aromatic carbocycles. The average molecular weight is 310 g/mol. The van der Waals surface area contributed by atoms with Gasteiger partial charge in [-0.2, -0.15) is 0 Å². The highest BCUT2D eigenvalue weighted by atomic mass is 35.5. The fourth-order valence-corrected chi connectivity index (χ4v) is 3.09. The van der Waals surface area contributed by atoms with Gasteiger partial charge in [0.15, 0.2) is 0 Å². The van der Waals surface area contributed by atoms with Crippen molar-refractivity contribution >= 4 is 23.5 Å². The first kappa shape index (κ1) is 15.8. The van der Waals surface area contributed by atoms with Gasteiger partial charge in [0.05, 0.1) is 11.8 Å². The van der Waals surface area contributed by atoms with Crippen LogP contribution in [-0.2, 0) is 16.1 Å². The second-order valence-corrected chi connectivity index (χ2v) is 6.08. The van der Waals surface area contributed by atoms with Gasteiger partial charge in [0.2, 0.25) is 5.91 Å². The minimum Gasteiger partial charge on any atom is -0.481 e. The summed E-state index contributed by atoms with van der Waals surface area (Å²) in [4.78, 5) is 23.6. The molecule has 3 unspecified atom stereocenters. The van der Waals surface area contributed by atoms with E-state index in [0.29, 0.717) is 30.3 Å². The summed E-state index contributed by atoms with van der Waals surface area (Å²) in [5.41, 5.74) is 0.949. The lowest BCUT2D eigenvalue weighted by Gasteiger charge is -2.15. The van der Waals surface area contributed by atoms with E-state index in [1.165, 1.54) is 0 Å². The highest BCUT2D eigenvalue weighted by molar-refractivity contribution is 6.30. The first-order valence-corrected chi connectivity index (χ1v) is 7.64. The first-order chi connectivity index (χ1) is 10.0. The molecule has 1 fully saturated rings. The van der Waals surface area contributed by atoms with E-state index in [-0.39, 0.29) is 5.91 Å². The summed E-state index contributed by atoms with van der Waals surface area (Å²) in [5, 5.41) is 12.8. The van der Waals surface area contributed by atoms with Crippen molar-refractivity contribution in [1.29, 1.82) is 0 Å². The molecule has 0 spiro atoms. The zero-order valence-corrected chi connectivity index (χ0v) is 12.8. The number of rotatable bonds is 5. The molecule has 2 rings (SSSR count). The van der Waals surface area contributed by atoms with Crippen LogP contribution < -0.4 is 5.32 Å². The summed E-state index contributed by atoms with van der Waals surface area (Å²) in [6.45, 7) is 2.44. The number of amides is 1. The van der Waals surface area contributed by atoms with Crippen LogP contribution in [0.1, 0.15) is 31.7 Å². The second-order valence-electron chi connectivity index (χ2n) is 5.64. The van der Waals surface area contributed by atoms with Crippen LogP contribution in [0.3, 0.4) is 0 Å². The number of nitrogens with one attached hydrogen (secondary N) is 1. The molecule has 1 aromatic rings. The van der Waals surface area contributed by atoms with E-state index < -0.39 is 17.8 Å². The molecule has 0 heterocycles. The van der Waals surface area contributed by atoms with Crippen LogP contribution in [0.4, 0.5) is 0 Å². The van der Waals surface area contributed by atoms with Crippen molar-refractivity contribution in [3.8, 4) is 0 Å². The Morgan fingerprint density at radius 1 is 1.24 bits per heavy atom. The molecule has 1 amide bonds. The van der Waals surface area contributed by atoms with E-state index in [2.05, 4.69) is 5.32 Å². The van der Waals surface area contributed by atoms with Crippen molar-refractivity contribution < 1.29 is 14.7 Å². The molecule has 21 heavy (non-hydrogen) atoms. The summed E-state index contributed by atoms with van der Waals surface area (Å²) in [6, 6.07) is 7.24. The maximum Gasteiger partial charge on any atom is 0.307 e. The van der Waals surface area contributed by atoms with Gasteiger partial charge in [0, 0.05) is 11.6 Å². The van der Waals surface area contributed by atoms with Crippen LogP contribution in [0.15, 0.2) is 24.3 Å². The Morgan fingerprint density at radius 3 is 2.43 bits per heavy atom. The van der Waals surface area contributed by atoms with Crippen LogP contribution in [0.5, 0.6) is 0 Å². The number of carbonyl (C=O) groups is 2. The molecule has 1 aliphatic rings. The number of carboxylic acid groups (broad SMARTS) is 1. The number of halogens is 1. The van der Waals surface area contributed by atoms with Crippen LogP contribution in [0, 0.1) is 17.8 Å². The van der Waals surface area contributed by atoms with E-state index in [4.69, 9.17) is 11.6 Å². The van der Waals surface area contributed by atoms with Gasteiger partial charge in [-0.25, -0.2) is 0 Å². The maximum atomic E-state index is 12.3. The summed E-state index contributed by atoms with van der Waals surface area (Å²) >= 11 is 5.81. The third-order valence-corrected chi connectivity index (χ3v) is 4.52. The van der Waals surface area contributed by atoms with Crippen molar-refractivity contribution in [2.24, 2.45) is 17.8 Å². The second kappa shape index (κ2) is 6.94. The van der Waals surface area contributed by atoms with Gasteiger partial charge in [0.25, 0.3) is 0 Å². The quantitative estimate of drug-likeness (QED) is 0.878. The molecular weight excluding hydrogens is 290 g/mol. The number of hydrogen-bond acceptors (Lipinski definition) is 2. The van der Waals surface area contributed by atoms with Gasteiger partial charge in [-0.3, -0.25) is 9.59 Å². The monoisotopic (exact) mass is 309 g/mol. The highest BCUT2D eigenvalue weighted by Gasteiger charge is 2.41.